The summed E-state index contributed by atoms with van der Waals surface area (Å²) in [5.41, 5.74) is 0. The van der Waals surface area contributed by atoms with Crippen molar-refractivity contribution in [3.63, 3.8) is 0 Å². The third-order valence-corrected chi connectivity index (χ3v) is 2.92. The highest BCUT2D eigenvalue weighted by Gasteiger charge is 2.27. The molecule has 0 saturated carbocycles. The van der Waals surface area contributed by atoms with Crippen LogP contribution in [0.1, 0.15) is 19.3 Å². The summed E-state index contributed by atoms with van der Waals surface area (Å²) in [7, 11) is 0. The Morgan fingerprint density at radius 3 is 2.69 bits per heavy atom. The highest BCUT2D eigenvalue weighted by atomic mass is 19.1. The van der Waals surface area contributed by atoms with Crippen LogP contribution in [0.25, 0.3) is 0 Å². The zero-order valence-corrected chi connectivity index (χ0v) is 9.05. The van der Waals surface area contributed by atoms with E-state index in [9.17, 15) is 9.18 Å². The molecule has 88 valence electrons. The van der Waals surface area contributed by atoms with Crippen molar-refractivity contribution in [3.8, 4) is 0 Å². The van der Waals surface area contributed by atoms with E-state index >= 15 is 0 Å². The molecule has 1 aromatic rings. The van der Waals surface area contributed by atoms with Crippen molar-refractivity contribution in [2.75, 3.05) is 13.1 Å². The van der Waals surface area contributed by atoms with Crippen LogP contribution in [0.5, 0.6) is 0 Å². The average Bonchev–Trinajstić information content (AvgIpc) is 2.79. The maximum atomic E-state index is 13.0. The number of halogens is 1. The standard InChI is InChI=1S/C10H15FN4O/c11-10(16)9(6-15-8-12-7-13-15)14-4-2-1-3-5-14/h7-9H,1-6H2. The van der Waals surface area contributed by atoms with Crippen LogP contribution in [0.15, 0.2) is 12.7 Å². The minimum Gasteiger partial charge on any atom is -0.290 e. The van der Waals surface area contributed by atoms with Gasteiger partial charge in [-0.05, 0) is 25.9 Å². The second-order valence-corrected chi connectivity index (χ2v) is 4.03. The summed E-state index contributed by atoms with van der Waals surface area (Å²) in [6.45, 7) is 1.82. The van der Waals surface area contributed by atoms with Crippen molar-refractivity contribution in [1.29, 1.82) is 0 Å². The molecule has 1 fully saturated rings. The van der Waals surface area contributed by atoms with Crippen molar-refractivity contribution in [2.45, 2.75) is 31.8 Å². The zero-order chi connectivity index (χ0) is 11.4. The first-order chi connectivity index (χ1) is 7.77. The van der Waals surface area contributed by atoms with E-state index in [0.717, 1.165) is 32.4 Å². The fourth-order valence-electron chi connectivity index (χ4n) is 2.07. The number of likely N-dealkylation sites (tertiary alicyclic amines) is 1. The highest BCUT2D eigenvalue weighted by Crippen LogP contribution is 2.14. The van der Waals surface area contributed by atoms with Crippen LogP contribution >= 0.6 is 0 Å². The van der Waals surface area contributed by atoms with Crippen LogP contribution in [-0.4, -0.2) is 44.8 Å². The normalized spacial score (nSPS) is 19.6. The van der Waals surface area contributed by atoms with Gasteiger partial charge in [-0.1, -0.05) is 6.42 Å². The third-order valence-electron chi connectivity index (χ3n) is 2.92. The second-order valence-electron chi connectivity index (χ2n) is 4.03. The van der Waals surface area contributed by atoms with Gasteiger partial charge < -0.3 is 0 Å². The second kappa shape index (κ2) is 5.16. The number of rotatable bonds is 4. The van der Waals surface area contributed by atoms with E-state index in [4.69, 9.17) is 0 Å². The summed E-state index contributed by atoms with van der Waals surface area (Å²) < 4.78 is 14.5. The van der Waals surface area contributed by atoms with Gasteiger partial charge in [0, 0.05) is 0 Å². The summed E-state index contributed by atoms with van der Waals surface area (Å²) in [6.07, 6.45) is 6.10. The molecule has 0 aliphatic carbocycles. The Morgan fingerprint density at radius 1 is 1.38 bits per heavy atom. The van der Waals surface area contributed by atoms with Crippen molar-refractivity contribution < 1.29 is 9.18 Å². The molecule has 0 N–H and O–H groups in total. The Balaban J connectivity index is 2.01. The van der Waals surface area contributed by atoms with Gasteiger partial charge in [-0.25, -0.2) is 4.98 Å². The SMILES string of the molecule is O=C(F)C(Cn1cncn1)N1CCCCC1. The first-order valence-electron chi connectivity index (χ1n) is 5.53. The number of piperidine rings is 1. The van der Waals surface area contributed by atoms with Gasteiger partial charge in [0.25, 0.3) is 0 Å². The van der Waals surface area contributed by atoms with Gasteiger partial charge >= 0.3 is 6.04 Å². The third kappa shape index (κ3) is 2.63. The number of carbonyl (C=O) groups excluding carboxylic acids is 1. The molecule has 2 heterocycles. The summed E-state index contributed by atoms with van der Waals surface area (Å²) in [5.74, 6) is 0. The molecule has 2 rings (SSSR count). The number of carbonyl (C=O) groups is 1. The fourth-order valence-corrected chi connectivity index (χ4v) is 2.07. The summed E-state index contributed by atoms with van der Waals surface area (Å²) in [6, 6.07) is -1.99. The predicted molar refractivity (Wildman–Crippen MR) is 55.3 cm³/mol. The van der Waals surface area contributed by atoms with Gasteiger partial charge in [0.2, 0.25) is 0 Å². The van der Waals surface area contributed by atoms with E-state index in [1.54, 1.807) is 0 Å². The van der Waals surface area contributed by atoms with Crippen LogP contribution < -0.4 is 0 Å². The summed E-state index contributed by atoms with van der Waals surface area (Å²) >= 11 is 0. The summed E-state index contributed by atoms with van der Waals surface area (Å²) in [4.78, 5) is 16.7. The molecule has 6 heteroatoms. The Kier molecular flexibility index (Phi) is 3.61. The quantitative estimate of drug-likeness (QED) is 0.706. The minimum atomic E-state index is -1.28. The van der Waals surface area contributed by atoms with Crippen LogP contribution in [0.3, 0.4) is 0 Å². The lowest BCUT2D eigenvalue weighted by molar-refractivity contribution is -0.136. The van der Waals surface area contributed by atoms with Gasteiger partial charge in [0.1, 0.15) is 18.7 Å². The van der Waals surface area contributed by atoms with Crippen LogP contribution in [0.4, 0.5) is 4.39 Å². The Labute approximate surface area is 93.3 Å². The molecule has 0 amide bonds. The van der Waals surface area contributed by atoms with Crippen LogP contribution in [0.2, 0.25) is 0 Å². The maximum Gasteiger partial charge on any atom is 0.320 e. The monoisotopic (exact) mass is 226 g/mol. The molecule has 0 aromatic carbocycles. The van der Waals surface area contributed by atoms with Gasteiger partial charge in [0.15, 0.2) is 0 Å². The van der Waals surface area contributed by atoms with E-state index in [0.29, 0.717) is 0 Å². The Hall–Kier alpha value is -1.30. The Bertz CT molecular complexity index is 335. The van der Waals surface area contributed by atoms with Gasteiger partial charge in [0.05, 0.1) is 6.54 Å². The summed E-state index contributed by atoms with van der Waals surface area (Å²) in [5, 5.41) is 3.89. The first-order valence-corrected chi connectivity index (χ1v) is 5.53. The largest absolute Gasteiger partial charge is 0.320 e. The van der Waals surface area contributed by atoms with Crippen molar-refractivity contribution in [2.24, 2.45) is 0 Å². The topological polar surface area (TPSA) is 51.0 Å². The molecule has 1 unspecified atom stereocenters. The molecular weight excluding hydrogens is 211 g/mol. The number of hydrogen-bond donors (Lipinski definition) is 0. The minimum absolute atomic E-state index is 0.245. The lowest BCUT2D eigenvalue weighted by Gasteiger charge is -2.31. The number of nitrogens with zero attached hydrogens (tertiary/aromatic N) is 4. The lowest BCUT2D eigenvalue weighted by Crippen LogP contribution is -2.45. The molecule has 1 saturated heterocycles. The predicted octanol–water partition coefficient (Wildman–Crippen LogP) is 0.629. The molecule has 16 heavy (non-hydrogen) atoms. The maximum absolute atomic E-state index is 13.0. The molecular formula is C10H15FN4O. The highest BCUT2D eigenvalue weighted by molar-refractivity contribution is 5.74. The van der Waals surface area contributed by atoms with E-state index in [1.807, 2.05) is 4.90 Å². The number of hydrogen-bond acceptors (Lipinski definition) is 4. The zero-order valence-electron chi connectivity index (χ0n) is 9.05. The first kappa shape index (κ1) is 11.2. The molecule has 0 bridgehead atoms. The number of aromatic nitrogens is 3. The van der Waals surface area contributed by atoms with E-state index in [1.165, 1.54) is 17.3 Å². The van der Waals surface area contributed by atoms with Crippen LogP contribution in [-0.2, 0) is 11.3 Å². The molecule has 1 atom stereocenters. The molecule has 0 spiro atoms. The van der Waals surface area contributed by atoms with E-state index in [2.05, 4.69) is 10.1 Å². The van der Waals surface area contributed by atoms with E-state index < -0.39 is 12.1 Å². The molecule has 0 radical (unpaired) electrons. The molecule has 1 aliphatic heterocycles. The smallest absolute Gasteiger partial charge is 0.290 e. The average molecular weight is 226 g/mol. The molecule has 1 aliphatic rings. The fraction of sp³-hybridized carbons (Fsp3) is 0.700. The Morgan fingerprint density at radius 2 is 2.12 bits per heavy atom. The van der Waals surface area contributed by atoms with Crippen molar-refractivity contribution in [1.82, 2.24) is 19.7 Å². The van der Waals surface area contributed by atoms with E-state index in [-0.39, 0.29) is 6.54 Å². The van der Waals surface area contributed by atoms with Crippen LogP contribution in [0, 0.1) is 0 Å². The van der Waals surface area contributed by atoms with Crippen molar-refractivity contribution >= 4 is 6.04 Å². The molecule has 5 nitrogen and oxygen atoms in total. The molecule has 1 aromatic heterocycles. The van der Waals surface area contributed by atoms with Gasteiger partial charge in [-0.15, -0.1) is 0 Å². The van der Waals surface area contributed by atoms with Crippen molar-refractivity contribution in [3.05, 3.63) is 12.7 Å². The lowest BCUT2D eigenvalue weighted by atomic mass is 10.1. The van der Waals surface area contributed by atoms with Gasteiger partial charge in [-0.3, -0.25) is 14.4 Å². The van der Waals surface area contributed by atoms with Gasteiger partial charge in [-0.2, -0.15) is 9.49 Å².